The fourth-order valence-electron chi connectivity index (χ4n) is 3.79. The van der Waals surface area contributed by atoms with Crippen LogP contribution in [0, 0.1) is 0 Å². The summed E-state index contributed by atoms with van der Waals surface area (Å²) in [6, 6.07) is 9.04. The summed E-state index contributed by atoms with van der Waals surface area (Å²) >= 11 is 3.43. The van der Waals surface area contributed by atoms with Crippen LogP contribution in [0.4, 0.5) is 0 Å². The largest absolute Gasteiger partial charge is 0.490 e. The lowest BCUT2D eigenvalue weighted by molar-refractivity contribution is -0.149. The fraction of sp³-hybridized carbons (Fsp3) is 0.379. The summed E-state index contributed by atoms with van der Waals surface area (Å²) in [5.74, 6) is 0.958. The number of hydrogen-bond acceptors (Lipinski definition) is 7. The minimum absolute atomic E-state index is 0.240. The van der Waals surface area contributed by atoms with Gasteiger partial charge >= 0.3 is 5.97 Å². The van der Waals surface area contributed by atoms with Gasteiger partial charge in [0.25, 0.3) is 5.56 Å². The van der Waals surface area contributed by atoms with Crippen LogP contribution >= 0.6 is 15.9 Å². The summed E-state index contributed by atoms with van der Waals surface area (Å²) < 4.78 is 19.0. The van der Waals surface area contributed by atoms with Crippen molar-refractivity contribution in [3.05, 3.63) is 74.8 Å². The quantitative estimate of drug-likeness (QED) is 0.170. The first kappa shape index (κ1) is 29.1. The number of fused-ring (bicyclic) bond motifs is 1. The summed E-state index contributed by atoms with van der Waals surface area (Å²) in [4.78, 5) is 30.3. The molecule has 0 spiro atoms. The average Bonchev–Trinajstić information content (AvgIpc) is 2.82. The molecule has 3 rings (SSSR count). The lowest BCUT2D eigenvalue weighted by atomic mass is 9.95. The molecule has 0 aliphatic carbocycles. The molecule has 0 atom stereocenters. The lowest BCUT2D eigenvalue weighted by Gasteiger charge is -2.21. The second-order valence-electron chi connectivity index (χ2n) is 9.97. The highest BCUT2D eigenvalue weighted by Gasteiger charge is 2.23. The molecule has 0 bridgehead atoms. The molecular formula is C29H34BrN3O5. The van der Waals surface area contributed by atoms with E-state index in [0.717, 1.165) is 10.0 Å². The van der Waals surface area contributed by atoms with E-state index in [1.807, 2.05) is 45.9 Å². The number of nitrogens with zero attached hydrogens (tertiary/aromatic N) is 3. The summed E-state index contributed by atoms with van der Waals surface area (Å²) in [6.07, 6.45) is 3.55. The minimum atomic E-state index is -0.470. The Balaban J connectivity index is 2.10. The van der Waals surface area contributed by atoms with Gasteiger partial charge in [0.2, 0.25) is 0 Å². The molecule has 0 amide bonds. The van der Waals surface area contributed by atoms with Crippen molar-refractivity contribution in [3.8, 4) is 11.5 Å². The van der Waals surface area contributed by atoms with E-state index >= 15 is 0 Å². The maximum absolute atomic E-state index is 13.5. The summed E-state index contributed by atoms with van der Waals surface area (Å²) in [5.41, 5.74) is 1.35. The van der Waals surface area contributed by atoms with Gasteiger partial charge in [-0.1, -0.05) is 42.8 Å². The van der Waals surface area contributed by atoms with Gasteiger partial charge in [-0.2, -0.15) is 9.78 Å². The van der Waals surface area contributed by atoms with Crippen LogP contribution in [0.5, 0.6) is 11.5 Å². The van der Waals surface area contributed by atoms with Crippen LogP contribution in [0.1, 0.15) is 58.5 Å². The first-order valence-electron chi connectivity index (χ1n) is 12.4. The van der Waals surface area contributed by atoms with Crippen LogP contribution < -0.4 is 15.0 Å². The normalized spacial score (nSPS) is 11.8. The SMILES string of the molecule is C=CCc1cc(C=Nn2c(C(C)(C)C)nc3ccc(Br)cc3c2=O)cc(OCC)c1OCC(=O)OC(C)C. The van der Waals surface area contributed by atoms with Crippen LogP contribution in [0.2, 0.25) is 0 Å². The van der Waals surface area contributed by atoms with Gasteiger partial charge in [0.1, 0.15) is 5.82 Å². The molecule has 9 heteroatoms. The second kappa shape index (κ2) is 12.4. The Morgan fingerprint density at radius 2 is 1.95 bits per heavy atom. The zero-order chi connectivity index (χ0) is 28.0. The number of aromatic nitrogens is 2. The van der Waals surface area contributed by atoms with Gasteiger partial charge in [-0.25, -0.2) is 9.78 Å². The van der Waals surface area contributed by atoms with Crippen molar-refractivity contribution in [2.24, 2.45) is 5.10 Å². The van der Waals surface area contributed by atoms with E-state index in [1.165, 1.54) is 4.68 Å². The molecule has 0 saturated carbocycles. The molecular weight excluding hydrogens is 550 g/mol. The third-order valence-corrected chi connectivity index (χ3v) is 5.81. The van der Waals surface area contributed by atoms with Gasteiger partial charge in [0.15, 0.2) is 18.1 Å². The number of carbonyl (C=O) groups excluding carboxylic acids is 1. The lowest BCUT2D eigenvalue weighted by Crippen LogP contribution is -2.29. The first-order valence-corrected chi connectivity index (χ1v) is 13.2. The molecule has 8 nitrogen and oxygen atoms in total. The number of ether oxygens (including phenoxy) is 3. The van der Waals surface area contributed by atoms with Gasteiger partial charge in [-0.05, 0) is 63.1 Å². The van der Waals surface area contributed by atoms with Gasteiger partial charge in [-0.15, -0.1) is 6.58 Å². The van der Waals surface area contributed by atoms with E-state index in [-0.39, 0.29) is 18.3 Å². The Morgan fingerprint density at radius 3 is 2.58 bits per heavy atom. The maximum atomic E-state index is 13.5. The van der Waals surface area contributed by atoms with E-state index in [1.54, 1.807) is 38.3 Å². The van der Waals surface area contributed by atoms with Crippen LogP contribution in [0.3, 0.4) is 0 Å². The van der Waals surface area contributed by atoms with Crippen LogP contribution in [0.25, 0.3) is 10.9 Å². The number of rotatable bonds is 10. The molecule has 2 aromatic carbocycles. The minimum Gasteiger partial charge on any atom is -0.490 e. The topological polar surface area (TPSA) is 92.0 Å². The number of esters is 1. The highest BCUT2D eigenvalue weighted by atomic mass is 79.9. The van der Waals surface area contributed by atoms with Crippen molar-refractivity contribution in [2.75, 3.05) is 13.2 Å². The van der Waals surface area contributed by atoms with Crippen molar-refractivity contribution in [3.63, 3.8) is 0 Å². The van der Waals surface area contributed by atoms with Gasteiger partial charge in [0.05, 0.1) is 29.8 Å². The molecule has 0 aliphatic heterocycles. The Labute approximate surface area is 231 Å². The zero-order valence-electron chi connectivity index (χ0n) is 22.7. The predicted octanol–water partition coefficient (Wildman–Crippen LogP) is 5.80. The van der Waals surface area contributed by atoms with Crippen molar-refractivity contribution in [2.45, 2.75) is 59.5 Å². The van der Waals surface area contributed by atoms with Crippen LogP contribution in [0.15, 0.2) is 57.4 Å². The van der Waals surface area contributed by atoms with E-state index in [9.17, 15) is 9.59 Å². The zero-order valence-corrected chi connectivity index (χ0v) is 24.3. The van der Waals surface area contributed by atoms with Crippen LogP contribution in [-0.2, 0) is 21.4 Å². The molecule has 1 heterocycles. The molecule has 0 N–H and O–H groups in total. The standard InChI is InChI=1S/C29H34BrN3O5/c1-8-10-20-13-19(14-24(36-9-2)26(20)37-17-25(34)38-18(3)4)16-31-33-27(35)22-15-21(30)11-12-23(22)32-28(33)29(5,6)7/h8,11-16,18H,1,9-10,17H2,2-7H3. The number of hydrogen-bond donors (Lipinski definition) is 0. The molecule has 0 aliphatic rings. The molecule has 1 aromatic heterocycles. The summed E-state index contributed by atoms with van der Waals surface area (Å²) in [6.45, 7) is 15.3. The van der Waals surface area contributed by atoms with Crippen molar-refractivity contribution in [1.82, 2.24) is 9.66 Å². The van der Waals surface area contributed by atoms with Gasteiger partial charge in [0, 0.05) is 15.5 Å². The predicted molar refractivity (Wildman–Crippen MR) is 154 cm³/mol. The molecule has 38 heavy (non-hydrogen) atoms. The summed E-state index contributed by atoms with van der Waals surface area (Å²) in [7, 11) is 0. The van der Waals surface area contributed by atoms with E-state index in [4.69, 9.17) is 19.2 Å². The van der Waals surface area contributed by atoms with Crippen LogP contribution in [-0.4, -0.2) is 41.2 Å². The smallest absolute Gasteiger partial charge is 0.344 e. The highest BCUT2D eigenvalue weighted by molar-refractivity contribution is 9.10. The van der Waals surface area contributed by atoms with Crippen molar-refractivity contribution < 1.29 is 19.0 Å². The molecule has 0 saturated heterocycles. The van der Waals surface area contributed by atoms with E-state index in [0.29, 0.717) is 46.8 Å². The van der Waals surface area contributed by atoms with Gasteiger partial charge in [-0.3, -0.25) is 4.79 Å². The Morgan fingerprint density at radius 1 is 1.21 bits per heavy atom. The molecule has 0 fully saturated rings. The van der Waals surface area contributed by atoms with Crippen molar-refractivity contribution >= 4 is 39.0 Å². The Hall–Kier alpha value is -3.46. The fourth-order valence-corrected chi connectivity index (χ4v) is 4.15. The number of halogens is 1. The number of allylic oxidation sites excluding steroid dienone is 1. The molecule has 0 unspecified atom stereocenters. The third kappa shape index (κ3) is 7.10. The van der Waals surface area contributed by atoms with Gasteiger partial charge < -0.3 is 14.2 Å². The maximum Gasteiger partial charge on any atom is 0.344 e. The first-order chi connectivity index (χ1) is 17.9. The molecule has 0 radical (unpaired) electrons. The molecule has 3 aromatic rings. The monoisotopic (exact) mass is 583 g/mol. The number of benzene rings is 2. The third-order valence-electron chi connectivity index (χ3n) is 5.32. The molecule has 202 valence electrons. The average molecular weight is 585 g/mol. The summed E-state index contributed by atoms with van der Waals surface area (Å²) in [5, 5.41) is 5.03. The highest BCUT2D eigenvalue weighted by Crippen LogP contribution is 2.34. The Kier molecular flexibility index (Phi) is 9.49. The van der Waals surface area contributed by atoms with E-state index < -0.39 is 11.4 Å². The van der Waals surface area contributed by atoms with Crippen molar-refractivity contribution in [1.29, 1.82) is 0 Å². The number of carbonyl (C=O) groups is 1. The van der Waals surface area contributed by atoms with E-state index in [2.05, 4.69) is 27.6 Å². The second-order valence-corrected chi connectivity index (χ2v) is 10.9. The Bertz CT molecular complexity index is 1420.